The van der Waals surface area contributed by atoms with Gasteiger partial charge in [0.2, 0.25) is 0 Å². The summed E-state index contributed by atoms with van der Waals surface area (Å²) in [6.45, 7) is 0.381. The molecular formula is C13H11ClINO. The number of rotatable bonds is 3. The van der Waals surface area contributed by atoms with Crippen molar-refractivity contribution in [1.29, 1.82) is 0 Å². The van der Waals surface area contributed by atoms with Crippen LogP contribution in [0.3, 0.4) is 0 Å². The van der Waals surface area contributed by atoms with E-state index in [0.717, 1.165) is 11.3 Å². The molecule has 0 aliphatic heterocycles. The number of ether oxygens (including phenoxy) is 1. The van der Waals surface area contributed by atoms with Crippen LogP contribution in [0.2, 0.25) is 5.02 Å². The van der Waals surface area contributed by atoms with Gasteiger partial charge in [-0.2, -0.15) is 0 Å². The molecule has 0 spiro atoms. The Kier molecular flexibility index (Phi) is 4.12. The molecule has 4 heteroatoms. The number of halogens is 2. The number of nitrogens with two attached hydrogens (primary N) is 1. The molecule has 2 N–H and O–H groups in total. The van der Waals surface area contributed by atoms with Crippen LogP contribution in [0.25, 0.3) is 0 Å². The average Bonchev–Trinajstić information content (AvgIpc) is 2.31. The van der Waals surface area contributed by atoms with Crippen molar-refractivity contribution in [1.82, 2.24) is 0 Å². The first-order valence-electron chi connectivity index (χ1n) is 5.08. The van der Waals surface area contributed by atoms with Crippen LogP contribution >= 0.6 is 34.2 Å². The number of hydrogen-bond donors (Lipinski definition) is 1. The number of benzene rings is 2. The fraction of sp³-hybridized carbons (Fsp3) is 0.0769. The monoisotopic (exact) mass is 359 g/mol. The quantitative estimate of drug-likeness (QED) is 0.661. The molecule has 0 bridgehead atoms. The minimum Gasteiger partial charge on any atom is -0.489 e. The molecule has 2 nitrogen and oxygen atoms in total. The summed E-state index contributed by atoms with van der Waals surface area (Å²) in [4.78, 5) is 0. The molecule has 2 aromatic rings. The van der Waals surface area contributed by atoms with Crippen molar-refractivity contribution in [3.8, 4) is 5.75 Å². The van der Waals surface area contributed by atoms with Crippen LogP contribution in [0, 0.1) is 3.57 Å². The summed E-state index contributed by atoms with van der Waals surface area (Å²) >= 11 is 8.31. The average molecular weight is 360 g/mol. The van der Waals surface area contributed by atoms with Gasteiger partial charge in [0.1, 0.15) is 12.4 Å². The van der Waals surface area contributed by atoms with Crippen LogP contribution in [0.5, 0.6) is 5.75 Å². The molecule has 0 fully saturated rings. The maximum atomic E-state index is 6.06. The largest absolute Gasteiger partial charge is 0.489 e. The molecule has 2 rings (SSSR count). The molecule has 0 heterocycles. The molecule has 0 saturated carbocycles. The van der Waals surface area contributed by atoms with E-state index in [1.807, 2.05) is 42.5 Å². The van der Waals surface area contributed by atoms with Crippen molar-refractivity contribution in [2.75, 3.05) is 5.73 Å². The molecule has 17 heavy (non-hydrogen) atoms. The first kappa shape index (κ1) is 12.5. The zero-order valence-corrected chi connectivity index (χ0v) is 11.9. The van der Waals surface area contributed by atoms with Crippen molar-refractivity contribution >= 4 is 39.9 Å². The Morgan fingerprint density at radius 2 is 1.82 bits per heavy atom. The third-order valence-electron chi connectivity index (χ3n) is 2.35. The molecule has 2 aromatic carbocycles. The highest BCUT2D eigenvalue weighted by Crippen LogP contribution is 2.24. The Hall–Kier alpha value is -0.940. The van der Waals surface area contributed by atoms with Gasteiger partial charge in [-0.15, -0.1) is 0 Å². The van der Waals surface area contributed by atoms with Gasteiger partial charge in [0.05, 0.1) is 0 Å². The second-order valence-corrected chi connectivity index (χ2v) is 5.20. The lowest BCUT2D eigenvalue weighted by molar-refractivity contribution is 0.307. The molecule has 0 aliphatic rings. The van der Waals surface area contributed by atoms with E-state index in [4.69, 9.17) is 22.1 Å². The van der Waals surface area contributed by atoms with Crippen LogP contribution < -0.4 is 10.5 Å². The molecule has 0 aromatic heterocycles. The topological polar surface area (TPSA) is 35.2 Å². The first-order chi connectivity index (χ1) is 8.16. The van der Waals surface area contributed by atoms with Gasteiger partial charge in [-0.1, -0.05) is 17.7 Å². The third kappa shape index (κ3) is 3.26. The number of anilines is 1. The van der Waals surface area contributed by atoms with Crippen LogP contribution in [-0.2, 0) is 6.61 Å². The summed E-state index contributed by atoms with van der Waals surface area (Å²) in [5, 5.41) is 0.635. The summed E-state index contributed by atoms with van der Waals surface area (Å²) < 4.78 is 6.81. The van der Waals surface area contributed by atoms with Crippen LogP contribution in [0.1, 0.15) is 5.56 Å². The van der Waals surface area contributed by atoms with Crippen molar-refractivity contribution in [2.45, 2.75) is 6.61 Å². The number of nitrogen functional groups attached to an aromatic ring is 1. The van der Waals surface area contributed by atoms with E-state index in [1.165, 1.54) is 3.57 Å². The summed E-state index contributed by atoms with van der Waals surface area (Å²) in [6.07, 6.45) is 0. The molecule has 0 amide bonds. The fourth-order valence-electron chi connectivity index (χ4n) is 1.41. The Bertz CT molecular complexity index is 493. The predicted molar refractivity (Wildman–Crippen MR) is 79.4 cm³/mol. The maximum Gasteiger partial charge on any atom is 0.119 e. The van der Waals surface area contributed by atoms with E-state index in [0.29, 0.717) is 17.3 Å². The van der Waals surface area contributed by atoms with Crippen LogP contribution in [-0.4, -0.2) is 0 Å². The highest BCUT2D eigenvalue weighted by atomic mass is 127. The maximum absolute atomic E-state index is 6.06. The van der Waals surface area contributed by atoms with Gasteiger partial charge in [0, 0.05) is 19.8 Å². The minimum absolute atomic E-state index is 0.381. The van der Waals surface area contributed by atoms with E-state index in [-0.39, 0.29) is 0 Å². The lowest BCUT2D eigenvalue weighted by Gasteiger charge is -2.10. The van der Waals surface area contributed by atoms with Gasteiger partial charge in [-0.3, -0.25) is 0 Å². The molecule has 0 aliphatic carbocycles. The van der Waals surface area contributed by atoms with Crippen molar-refractivity contribution in [2.24, 2.45) is 0 Å². The van der Waals surface area contributed by atoms with E-state index in [1.54, 1.807) is 0 Å². The summed E-state index contributed by atoms with van der Waals surface area (Å²) in [5.74, 6) is 0.810. The minimum atomic E-state index is 0.381. The SMILES string of the molecule is Nc1cccc(Cl)c1COc1ccc(I)cc1. The Labute approximate surface area is 119 Å². The zero-order valence-electron chi connectivity index (χ0n) is 8.99. The highest BCUT2D eigenvalue weighted by Gasteiger charge is 2.05. The molecule has 0 atom stereocenters. The standard InChI is InChI=1S/C13H11ClINO/c14-12-2-1-3-13(16)11(12)8-17-10-6-4-9(15)5-7-10/h1-7H,8,16H2. The molecular weight excluding hydrogens is 349 g/mol. The first-order valence-corrected chi connectivity index (χ1v) is 6.54. The van der Waals surface area contributed by atoms with Crippen molar-refractivity contribution < 1.29 is 4.74 Å². The van der Waals surface area contributed by atoms with Crippen LogP contribution in [0.15, 0.2) is 42.5 Å². The molecule has 0 unspecified atom stereocenters. The summed E-state index contributed by atoms with van der Waals surface area (Å²) in [5.41, 5.74) is 7.33. The molecule has 0 saturated heterocycles. The van der Waals surface area contributed by atoms with Crippen molar-refractivity contribution in [3.63, 3.8) is 0 Å². The summed E-state index contributed by atoms with van der Waals surface area (Å²) in [7, 11) is 0. The van der Waals surface area contributed by atoms with E-state index in [2.05, 4.69) is 22.6 Å². The van der Waals surface area contributed by atoms with Gasteiger partial charge in [0.15, 0.2) is 0 Å². The Balaban J connectivity index is 2.10. The zero-order chi connectivity index (χ0) is 12.3. The third-order valence-corrected chi connectivity index (χ3v) is 3.43. The second-order valence-electron chi connectivity index (χ2n) is 3.55. The Morgan fingerprint density at radius 1 is 1.12 bits per heavy atom. The second kappa shape index (κ2) is 5.60. The van der Waals surface area contributed by atoms with E-state index >= 15 is 0 Å². The van der Waals surface area contributed by atoms with Gasteiger partial charge in [-0.05, 0) is 59.0 Å². The van der Waals surface area contributed by atoms with Gasteiger partial charge < -0.3 is 10.5 Å². The van der Waals surface area contributed by atoms with E-state index < -0.39 is 0 Å². The highest BCUT2D eigenvalue weighted by molar-refractivity contribution is 14.1. The van der Waals surface area contributed by atoms with Crippen molar-refractivity contribution in [3.05, 3.63) is 56.6 Å². The fourth-order valence-corrected chi connectivity index (χ4v) is 2.01. The summed E-state index contributed by atoms with van der Waals surface area (Å²) in [6, 6.07) is 13.3. The predicted octanol–water partition coefficient (Wildman–Crippen LogP) is 4.11. The van der Waals surface area contributed by atoms with E-state index in [9.17, 15) is 0 Å². The smallest absolute Gasteiger partial charge is 0.119 e. The van der Waals surface area contributed by atoms with Gasteiger partial charge in [0.25, 0.3) is 0 Å². The van der Waals surface area contributed by atoms with Crippen LogP contribution in [0.4, 0.5) is 5.69 Å². The normalized spacial score (nSPS) is 10.2. The lowest BCUT2D eigenvalue weighted by atomic mass is 10.2. The van der Waals surface area contributed by atoms with Gasteiger partial charge >= 0.3 is 0 Å². The Morgan fingerprint density at radius 3 is 2.47 bits per heavy atom. The molecule has 88 valence electrons. The molecule has 0 radical (unpaired) electrons. The van der Waals surface area contributed by atoms with Gasteiger partial charge in [-0.25, -0.2) is 0 Å². The lowest BCUT2D eigenvalue weighted by Crippen LogP contribution is -2.01. The number of hydrogen-bond acceptors (Lipinski definition) is 2.